The van der Waals surface area contributed by atoms with Gasteiger partial charge in [-0.3, -0.25) is 44.2 Å². The number of benzene rings is 2. The number of Topliss-reactive ketones (excluding diaryl/α,β-unsaturated/α-hetero) is 1. The number of ketones is 1. The first-order chi connectivity index (χ1) is 35.1. The summed E-state index contributed by atoms with van der Waals surface area (Å²) in [7, 11) is 1.60. The molecule has 1 aliphatic heterocycles. The van der Waals surface area contributed by atoms with Gasteiger partial charge < -0.3 is 41.6 Å². The summed E-state index contributed by atoms with van der Waals surface area (Å²) in [6, 6.07) is 18.0. The highest BCUT2D eigenvalue weighted by Gasteiger charge is 2.30. The zero-order valence-electron chi connectivity index (χ0n) is 41.4. The summed E-state index contributed by atoms with van der Waals surface area (Å²) in [4.78, 5) is 120. The second kappa shape index (κ2) is 26.1. The van der Waals surface area contributed by atoms with Gasteiger partial charge in [0.05, 0.1) is 35.0 Å². The SMILES string of the molecule is CCNC(=O)Nc1nc2c(-c3ccccn3)cc(-c3ccc(CN(C)C(=O)OCc4ccc(NC(=O)[C@H](CCCNC(N)=O)CC(=O)[C@@H](NC(=O)CCCCCN5C(=O)C=CC5=O)C(C)C)cc4)nc3)cc2[nH]1. The maximum Gasteiger partial charge on any atom is 0.410 e. The number of carbonyl (C=O) groups excluding carboxylic acids is 8. The summed E-state index contributed by atoms with van der Waals surface area (Å²) in [6.45, 7) is 6.46. The van der Waals surface area contributed by atoms with Crippen molar-refractivity contribution in [3.63, 3.8) is 0 Å². The molecule has 21 nitrogen and oxygen atoms in total. The van der Waals surface area contributed by atoms with Crippen molar-refractivity contribution in [3.8, 4) is 22.4 Å². The molecule has 384 valence electrons. The molecule has 6 rings (SSSR count). The van der Waals surface area contributed by atoms with E-state index in [9.17, 15) is 38.4 Å². The van der Waals surface area contributed by atoms with Crippen LogP contribution < -0.4 is 32.3 Å². The standard InChI is InChI=1S/C52H62N12O9/c1-5-54-51(71)62-50-59-41-27-36(26-39(47(41)61-50)40-13-8-9-23-55-40)35-17-20-38(57-29-35)30-63(4)52(72)73-31-33-15-18-37(19-16-33)58-48(69)34(12-11-24-56-49(53)70)28-42(65)46(32(2)3)60-43(66)14-7-6-10-25-64-44(67)21-22-45(64)68/h8-9,13,15-23,26-27,29,32,34,46H,5-7,10-12,14,24-25,28,30-31H2,1-4H3,(H,58,69)(H,60,66)(H3,53,56,70)(H3,54,59,61,62,71)/t34-,46+/m1/s1. The van der Waals surface area contributed by atoms with E-state index < -0.39 is 30.0 Å². The molecule has 9 amide bonds. The van der Waals surface area contributed by atoms with Crippen LogP contribution in [0.25, 0.3) is 33.4 Å². The molecule has 0 saturated carbocycles. The van der Waals surface area contributed by atoms with Gasteiger partial charge in [0.2, 0.25) is 17.8 Å². The first-order valence-electron chi connectivity index (χ1n) is 24.2. The zero-order chi connectivity index (χ0) is 52.4. The van der Waals surface area contributed by atoms with Crippen LogP contribution in [0.1, 0.15) is 77.0 Å². The molecule has 0 spiro atoms. The third-order valence-electron chi connectivity index (χ3n) is 11.9. The van der Waals surface area contributed by atoms with Crippen molar-refractivity contribution in [1.29, 1.82) is 0 Å². The number of carbonyl (C=O) groups is 8. The number of unbranched alkanes of at least 4 members (excludes halogenated alkanes) is 2. The Bertz CT molecular complexity index is 2780. The number of aromatic nitrogens is 4. The number of hydrogen-bond acceptors (Lipinski definition) is 12. The second-order valence-corrected chi connectivity index (χ2v) is 17.9. The number of aromatic amines is 1. The zero-order valence-corrected chi connectivity index (χ0v) is 41.4. The number of nitrogens with zero attached hydrogens (tertiary/aromatic N) is 5. The summed E-state index contributed by atoms with van der Waals surface area (Å²) in [5, 5.41) is 13.6. The number of ether oxygens (including phenoxy) is 1. The van der Waals surface area contributed by atoms with E-state index in [-0.39, 0.29) is 86.9 Å². The molecule has 0 aliphatic carbocycles. The summed E-state index contributed by atoms with van der Waals surface area (Å²) in [5.74, 6) is -2.56. The number of primary amides is 1. The van der Waals surface area contributed by atoms with E-state index in [0.29, 0.717) is 65.9 Å². The van der Waals surface area contributed by atoms with Crippen LogP contribution in [0.3, 0.4) is 0 Å². The summed E-state index contributed by atoms with van der Waals surface area (Å²) < 4.78 is 5.59. The quantitative estimate of drug-likeness (QED) is 0.0255. The molecule has 2 atom stereocenters. The molecular formula is C52H62N12O9. The van der Waals surface area contributed by atoms with E-state index in [1.807, 2.05) is 49.4 Å². The van der Waals surface area contributed by atoms with Crippen LogP contribution in [0.2, 0.25) is 0 Å². The van der Waals surface area contributed by atoms with Gasteiger partial charge in [0, 0.05) is 86.8 Å². The molecule has 8 N–H and O–H groups in total. The lowest BCUT2D eigenvalue weighted by Crippen LogP contribution is -2.45. The Hall–Kier alpha value is -8.49. The number of nitrogens with one attached hydrogen (secondary N) is 6. The maximum atomic E-state index is 13.7. The topological polar surface area (TPSA) is 293 Å². The Morgan fingerprint density at radius 1 is 0.863 bits per heavy atom. The van der Waals surface area contributed by atoms with Gasteiger partial charge in [-0.15, -0.1) is 0 Å². The Morgan fingerprint density at radius 3 is 2.30 bits per heavy atom. The molecule has 0 bridgehead atoms. The Morgan fingerprint density at radius 2 is 1.63 bits per heavy atom. The third kappa shape index (κ3) is 15.8. The summed E-state index contributed by atoms with van der Waals surface area (Å²) >= 11 is 0. The second-order valence-electron chi connectivity index (χ2n) is 17.9. The van der Waals surface area contributed by atoms with Crippen molar-refractivity contribution in [2.24, 2.45) is 17.6 Å². The first kappa shape index (κ1) is 53.9. The molecular weight excluding hydrogens is 937 g/mol. The molecule has 5 aromatic rings. The lowest BCUT2D eigenvalue weighted by atomic mass is 9.89. The van der Waals surface area contributed by atoms with Gasteiger partial charge in [0.25, 0.3) is 11.8 Å². The van der Waals surface area contributed by atoms with Crippen molar-refractivity contribution in [2.75, 3.05) is 37.3 Å². The van der Waals surface area contributed by atoms with Crippen molar-refractivity contribution < 1.29 is 43.1 Å². The van der Waals surface area contributed by atoms with Crippen LogP contribution in [-0.4, -0.2) is 110 Å². The van der Waals surface area contributed by atoms with Gasteiger partial charge in [-0.1, -0.05) is 44.5 Å². The monoisotopic (exact) mass is 998 g/mol. The van der Waals surface area contributed by atoms with E-state index >= 15 is 0 Å². The number of amides is 9. The number of imide groups is 1. The number of pyridine rings is 2. The normalized spacial score (nSPS) is 12.9. The predicted molar refractivity (Wildman–Crippen MR) is 273 cm³/mol. The molecule has 0 fully saturated rings. The smallest absolute Gasteiger partial charge is 0.410 e. The highest BCUT2D eigenvalue weighted by atomic mass is 16.6. The number of anilines is 2. The largest absolute Gasteiger partial charge is 0.445 e. The highest BCUT2D eigenvalue weighted by molar-refractivity contribution is 6.12. The number of hydrogen-bond donors (Lipinski definition) is 7. The average molecular weight is 999 g/mol. The fourth-order valence-electron chi connectivity index (χ4n) is 8.06. The third-order valence-corrected chi connectivity index (χ3v) is 11.9. The number of nitrogens with two attached hydrogens (primary N) is 1. The molecule has 21 heteroatoms. The van der Waals surface area contributed by atoms with Crippen molar-refractivity contribution in [1.82, 2.24) is 45.7 Å². The van der Waals surface area contributed by atoms with Crippen LogP contribution >= 0.6 is 0 Å². The van der Waals surface area contributed by atoms with Gasteiger partial charge in [0.15, 0.2) is 5.78 Å². The number of urea groups is 2. The first-order valence-corrected chi connectivity index (χ1v) is 24.2. The van der Waals surface area contributed by atoms with Crippen LogP contribution in [0.4, 0.5) is 26.0 Å². The van der Waals surface area contributed by atoms with E-state index in [2.05, 4.69) is 46.5 Å². The van der Waals surface area contributed by atoms with Crippen molar-refractivity contribution in [2.45, 2.75) is 84.9 Å². The lowest BCUT2D eigenvalue weighted by molar-refractivity contribution is -0.137. The highest BCUT2D eigenvalue weighted by Crippen LogP contribution is 2.33. The molecule has 0 saturated heterocycles. The molecule has 1 aliphatic rings. The summed E-state index contributed by atoms with van der Waals surface area (Å²) in [5.41, 5.74) is 11.4. The van der Waals surface area contributed by atoms with Crippen molar-refractivity contribution in [3.05, 3.63) is 103 Å². The lowest BCUT2D eigenvalue weighted by Gasteiger charge is -2.24. The number of rotatable bonds is 25. The minimum Gasteiger partial charge on any atom is -0.445 e. The molecule has 0 unspecified atom stereocenters. The Balaban J connectivity index is 0.997. The Labute approximate surface area is 422 Å². The van der Waals surface area contributed by atoms with Gasteiger partial charge in [0.1, 0.15) is 6.61 Å². The van der Waals surface area contributed by atoms with Crippen LogP contribution in [-0.2, 0) is 41.9 Å². The molecule has 3 aromatic heterocycles. The number of imidazole rings is 1. The minimum absolute atomic E-state index is 0.0520. The van der Waals surface area contributed by atoms with Crippen molar-refractivity contribution >= 4 is 70.2 Å². The van der Waals surface area contributed by atoms with E-state index in [1.165, 1.54) is 17.1 Å². The van der Waals surface area contributed by atoms with Gasteiger partial charge >= 0.3 is 18.2 Å². The minimum atomic E-state index is -0.848. The molecule has 0 radical (unpaired) electrons. The Kier molecular flexibility index (Phi) is 19.3. The van der Waals surface area contributed by atoms with Gasteiger partial charge in [-0.25, -0.2) is 19.4 Å². The summed E-state index contributed by atoms with van der Waals surface area (Å²) in [6.07, 6.45) is 7.49. The van der Waals surface area contributed by atoms with E-state index in [4.69, 9.17) is 10.5 Å². The molecule has 73 heavy (non-hydrogen) atoms. The fraction of sp³-hybridized carbons (Fsp3) is 0.365. The van der Waals surface area contributed by atoms with Gasteiger partial charge in [-0.2, -0.15) is 0 Å². The van der Waals surface area contributed by atoms with Gasteiger partial charge in [-0.05, 0) is 92.1 Å². The molecule has 2 aromatic carbocycles. The average Bonchev–Trinajstić information content (AvgIpc) is 3.93. The van der Waals surface area contributed by atoms with Crippen LogP contribution in [0, 0.1) is 11.8 Å². The molecule has 4 heterocycles. The number of H-pyrrole nitrogens is 1. The van der Waals surface area contributed by atoms with E-state index in [1.54, 1.807) is 57.6 Å². The van der Waals surface area contributed by atoms with Crippen LogP contribution in [0.5, 0.6) is 0 Å². The maximum absolute atomic E-state index is 13.7. The van der Waals surface area contributed by atoms with E-state index in [0.717, 1.165) is 21.6 Å². The fourth-order valence-corrected chi connectivity index (χ4v) is 8.06. The van der Waals surface area contributed by atoms with Crippen LogP contribution in [0.15, 0.2) is 91.3 Å². The number of fused-ring (bicyclic) bond motifs is 1. The predicted octanol–water partition coefficient (Wildman–Crippen LogP) is 6.19.